The fraction of sp³-hybridized carbons (Fsp3) is 0.320. The average molecular weight is 445 g/mol. The quantitative estimate of drug-likeness (QED) is 0.451. The SMILES string of the molecule is CC1CC(=O)NN=C1c1ccc(CN=CNCc2ccc(C3=NNC(=O)CC3C)cc2)cc1. The minimum Gasteiger partial charge on any atom is -0.372 e. The molecule has 2 aromatic rings. The summed E-state index contributed by atoms with van der Waals surface area (Å²) in [6.45, 7) is 5.28. The van der Waals surface area contributed by atoms with Crippen LogP contribution in [0.1, 0.15) is 48.9 Å². The van der Waals surface area contributed by atoms with Crippen LogP contribution >= 0.6 is 0 Å². The second-order valence-electron chi connectivity index (χ2n) is 8.52. The van der Waals surface area contributed by atoms with Crippen molar-refractivity contribution in [1.29, 1.82) is 0 Å². The number of rotatable bonds is 7. The van der Waals surface area contributed by atoms with Gasteiger partial charge in [-0.25, -0.2) is 10.9 Å². The van der Waals surface area contributed by atoms with E-state index in [2.05, 4.69) is 43.5 Å². The highest BCUT2D eigenvalue weighted by Crippen LogP contribution is 2.18. The normalized spacial score (nSPS) is 20.7. The molecule has 3 N–H and O–H groups in total. The second-order valence-corrected chi connectivity index (χ2v) is 8.52. The van der Waals surface area contributed by atoms with E-state index in [4.69, 9.17) is 0 Å². The Hall–Kier alpha value is -3.81. The summed E-state index contributed by atoms with van der Waals surface area (Å²) in [5.41, 5.74) is 11.2. The third-order valence-electron chi connectivity index (χ3n) is 5.78. The summed E-state index contributed by atoms with van der Waals surface area (Å²) in [5, 5.41) is 11.6. The zero-order valence-corrected chi connectivity index (χ0v) is 18.8. The number of hydrazone groups is 2. The molecule has 0 saturated carbocycles. The Bertz CT molecular complexity index is 1100. The van der Waals surface area contributed by atoms with E-state index < -0.39 is 0 Å². The number of nitrogens with zero attached hydrogens (tertiary/aromatic N) is 3. The van der Waals surface area contributed by atoms with Crippen LogP contribution in [0.3, 0.4) is 0 Å². The van der Waals surface area contributed by atoms with Crippen LogP contribution in [0.2, 0.25) is 0 Å². The number of aliphatic imine (C=N–C) groups is 1. The highest BCUT2D eigenvalue weighted by atomic mass is 16.2. The van der Waals surface area contributed by atoms with Gasteiger partial charge in [0.1, 0.15) is 0 Å². The fourth-order valence-corrected chi connectivity index (χ4v) is 3.96. The molecule has 2 atom stereocenters. The van der Waals surface area contributed by atoms with Crippen LogP contribution < -0.4 is 16.2 Å². The van der Waals surface area contributed by atoms with Gasteiger partial charge in [0.25, 0.3) is 0 Å². The lowest BCUT2D eigenvalue weighted by Gasteiger charge is -2.19. The Morgan fingerprint density at radius 3 is 1.82 bits per heavy atom. The maximum atomic E-state index is 11.4. The molecule has 0 bridgehead atoms. The van der Waals surface area contributed by atoms with Gasteiger partial charge in [-0.3, -0.25) is 14.6 Å². The minimum absolute atomic E-state index is 0.0366. The Morgan fingerprint density at radius 1 is 0.848 bits per heavy atom. The zero-order valence-electron chi connectivity index (χ0n) is 18.8. The van der Waals surface area contributed by atoms with Gasteiger partial charge in [-0.05, 0) is 22.3 Å². The number of nitrogens with one attached hydrogen (secondary N) is 3. The summed E-state index contributed by atoms with van der Waals surface area (Å²) in [7, 11) is 0. The first-order chi connectivity index (χ1) is 16.0. The Morgan fingerprint density at radius 2 is 1.33 bits per heavy atom. The average Bonchev–Trinajstić information content (AvgIpc) is 2.80. The second kappa shape index (κ2) is 10.2. The molecular formula is C25H28N6O2. The van der Waals surface area contributed by atoms with Crippen molar-refractivity contribution in [3.63, 3.8) is 0 Å². The standard InChI is InChI=1S/C25H28N6O2/c1-16-11-22(32)28-30-24(16)20-7-3-18(4-8-20)13-26-15-27-14-19-5-9-21(10-6-19)25-17(2)12-23(33)29-31-25/h3-10,15-17H,11-14H2,1-2H3,(H,26,27)(H,28,32)(H,29,33). The van der Waals surface area contributed by atoms with Crippen molar-refractivity contribution in [3.05, 3.63) is 70.8 Å². The molecule has 2 aliphatic rings. The number of carbonyl (C=O) groups excluding carboxylic acids is 2. The van der Waals surface area contributed by atoms with Crippen molar-refractivity contribution in [2.45, 2.75) is 39.8 Å². The van der Waals surface area contributed by atoms with Gasteiger partial charge >= 0.3 is 0 Å². The Labute approximate surface area is 193 Å². The first kappa shape index (κ1) is 22.4. The molecule has 2 heterocycles. The molecular weight excluding hydrogens is 416 g/mol. The number of hydrogen-bond donors (Lipinski definition) is 3. The summed E-state index contributed by atoms with van der Waals surface area (Å²) in [6, 6.07) is 16.3. The molecule has 8 nitrogen and oxygen atoms in total. The van der Waals surface area contributed by atoms with E-state index in [1.807, 2.05) is 50.2 Å². The van der Waals surface area contributed by atoms with Gasteiger partial charge < -0.3 is 5.32 Å². The lowest BCUT2D eigenvalue weighted by Crippen LogP contribution is -2.31. The zero-order chi connectivity index (χ0) is 23.2. The number of benzene rings is 2. The summed E-state index contributed by atoms with van der Waals surface area (Å²) < 4.78 is 0. The van der Waals surface area contributed by atoms with Gasteiger partial charge in [-0.1, -0.05) is 62.4 Å². The number of hydrogen-bond acceptors (Lipinski definition) is 5. The summed E-state index contributed by atoms with van der Waals surface area (Å²) in [5.74, 6) is 0.152. The molecule has 0 aliphatic carbocycles. The maximum Gasteiger partial charge on any atom is 0.240 e. The van der Waals surface area contributed by atoms with E-state index in [9.17, 15) is 9.59 Å². The predicted molar refractivity (Wildman–Crippen MR) is 129 cm³/mol. The molecule has 8 heteroatoms. The number of carbonyl (C=O) groups is 2. The van der Waals surface area contributed by atoms with Gasteiger partial charge in [0.2, 0.25) is 11.8 Å². The van der Waals surface area contributed by atoms with Crippen molar-refractivity contribution in [3.8, 4) is 0 Å². The Kier molecular flexibility index (Phi) is 6.92. The van der Waals surface area contributed by atoms with Crippen LogP contribution in [-0.4, -0.2) is 29.6 Å². The molecule has 170 valence electrons. The molecule has 2 unspecified atom stereocenters. The molecule has 33 heavy (non-hydrogen) atoms. The molecule has 0 spiro atoms. The van der Waals surface area contributed by atoms with E-state index in [0.29, 0.717) is 25.9 Å². The molecule has 0 saturated heterocycles. The van der Waals surface area contributed by atoms with Crippen molar-refractivity contribution in [2.24, 2.45) is 27.0 Å². The molecule has 2 amide bonds. The van der Waals surface area contributed by atoms with Gasteiger partial charge in [-0.15, -0.1) is 0 Å². The van der Waals surface area contributed by atoms with Crippen LogP contribution in [0.4, 0.5) is 0 Å². The van der Waals surface area contributed by atoms with E-state index >= 15 is 0 Å². The number of amides is 2. The molecule has 2 aromatic carbocycles. The summed E-state index contributed by atoms with van der Waals surface area (Å²) >= 11 is 0. The molecule has 2 aliphatic heterocycles. The van der Waals surface area contributed by atoms with Gasteiger partial charge in [-0.2, -0.15) is 10.2 Å². The Balaban J connectivity index is 1.25. The van der Waals surface area contributed by atoms with Crippen LogP contribution in [-0.2, 0) is 22.7 Å². The molecule has 0 aromatic heterocycles. The first-order valence-corrected chi connectivity index (χ1v) is 11.1. The third-order valence-corrected chi connectivity index (χ3v) is 5.78. The monoisotopic (exact) mass is 444 g/mol. The summed E-state index contributed by atoms with van der Waals surface area (Å²) in [4.78, 5) is 27.3. The van der Waals surface area contributed by atoms with Gasteiger partial charge in [0.15, 0.2) is 0 Å². The topological polar surface area (TPSA) is 107 Å². The van der Waals surface area contributed by atoms with E-state index in [1.54, 1.807) is 6.34 Å². The van der Waals surface area contributed by atoms with E-state index in [1.165, 1.54) is 0 Å². The van der Waals surface area contributed by atoms with Gasteiger partial charge in [0.05, 0.1) is 24.3 Å². The highest BCUT2D eigenvalue weighted by molar-refractivity contribution is 6.06. The van der Waals surface area contributed by atoms with Gasteiger partial charge in [0, 0.05) is 31.2 Å². The van der Waals surface area contributed by atoms with Crippen molar-refractivity contribution in [2.75, 3.05) is 0 Å². The maximum absolute atomic E-state index is 11.4. The first-order valence-electron chi connectivity index (χ1n) is 11.1. The minimum atomic E-state index is -0.0381. The van der Waals surface area contributed by atoms with Crippen LogP contribution in [0.25, 0.3) is 0 Å². The van der Waals surface area contributed by atoms with Crippen molar-refractivity contribution < 1.29 is 9.59 Å². The third kappa shape index (κ3) is 5.71. The summed E-state index contributed by atoms with van der Waals surface area (Å²) in [6.07, 6.45) is 2.66. The van der Waals surface area contributed by atoms with Crippen LogP contribution in [0.15, 0.2) is 63.7 Å². The molecule has 0 radical (unpaired) electrons. The fourth-order valence-electron chi connectivity index (χ4n) is 3.96. The van der Waals surface area contributed by atoms with Crippen LogP contribution in [0, 0.1) is 11.8 Å². The predicted octanol–water partition coefficient (Wildman–Crippen LogP) is 2.72. The smallest absolute Gasteiger partial charge is 0.240 e. The van der Waals surface area contributed by atoms with E-state index in [-0.39, 0.29) is 23.7 Å². The van der Waals surface area contributed by atoms with Crippen molar-refractivity contribution in [1.82, 2.24) is 16.2 Å². The lowest BCUT2D eigenvalue weighted by molar-refractivity contribution is -0.122. The van der Waals surface area contributed by atoms with E-state index in [0.717, 1.165) is 33.7 Å². The van der Waals surface area contributed by atoms with Crippen molar-refractivity contribution >= 4 is 29.6 Å². The molecule has 0 fully saturated rings. The molecule has 4 rings (SSSR count). The lowest BCUT2D eigenvalue weighted by atomic mass is 9.93. The van der Waals surface area contributed by atoms with Crippen LogP contribution in [0.5, 0.6) is 0 Å². The highest BCUT2D eigenvalue weighted by Gasteiger charge is 2.22. The largest absolute Gasteiger partial charge is 0.372 e.